The molecule has 0 unspecified atom stereocenters. The van der Waals surface area contributed by atoms with Gasteiger partial charge in [-0.25, -0.2) is 9.97 Å². The Morgan fingerprint density at radius 1 is 1.10 bits per heavy atom. The van der Waals surface area contributed by atoms with E-state index in [-0.39, 0.29) is 5.91 Å². The number of fused-ring (bicyclic) bond motifs is 1. The minimum Gasteiger partial charge on any atom is -0.493 e. The van der Waals surface area contributed by atoms with Crippen molar-refractivity contribution in [3.05, 3.63) is 53.9 Å². The molecular weight excluding hydrogens is 410 g/mol. The number of hydrogen-bond donors (Lipinski definition) is 0. The standard InChI is InChI=1S/C24H27N3O3S/c1-4-27(14-16-9-12-20(29-2)21(13-16)30-3)22(28)15-31-24-18-7-5-6-8-19(18)25-23(26-24)17-10-11-17/h5-9,12-13,17H,4,10-11,14-15H2,1-3H3. The lowest BCUT2D eigenvalue weighted by molar-refractivity contribution is -0.128. The summed E-state index contributed by atoms with van der Waals surface area (Å²) in [5.74, 6) is 3.14. The van der Waals surface area contributed by atoms with Gasteiger partial charge in [-0.1, -0.05) is 36.0 Å². The van der Waals surface area contributed by atoms with Gasteiger partial charge in [-0.3, -0.25) is 4.79 Å². The van der Waals surface area contributed by atoms with E-state index < -0.39 is 0 Å². The van der Waals surface area contributed by atoms with Gasteiger partial charge in [0.05, 0.1) is 25.5 Å². The Labute approximate surface area is 187 Å². The van der Waals surface area contributed by atoms with Crippen LogP contribution >= 0.6 is 11.8 Å². The van der Waals surface area contributed by atoms with Gasteiger partial charge in [0.15, 0.2) is 11.5 Å². The van der Waals surface area contributed by atoms with Gasteiger partial charge >= 0.3 is 0 Å². The number of para-hydroxylation sites is 1. The van der Waals surface area contributed by atoms with E-state index in [1.54, 1.807) is 14.2 Å². The van der Waals surface area contributed by atoms with Crippen molar-refractivity contribution in [2.75, 3.05) is 26.5 Å². The average Bonchev–Trinajstić information content (AvgIpc) is 3.66. The number of amides is 1. The molecule has 1 aliphatic rings. The highest BCUT2D eigenvalue weighted by atomic mass is 32.2. The van der Waals surface area contributed by atoms with Crippen molar-refractivity contribution in [2.24, 2.45) is 0 Å². The second-order valence-electron chi connectivity index (χ2n) is 7.56. The summed E-state index contributed by atoms with van der Waals surface area (Å²) < 4.78 is 10.7. The van der Waals surface area contributed by atoms with Crippen molar-refractivity contribution in [3.63, 3.8) is 0 Å². The van der Waals surface area contributed by atoms with Gasteiger partial charge in [-0.2, -0.15) is 0 Å². The number of rotatable bonds is 9. The summed E-state index contributed by atoms with van der Waals surface area (Å²) >= 11 is 1.50. The normalized spacial score (nSPS) is 13.3. The van der Waals surface area contributed by atoms with E-state index in [0.29, 0.717) is 36.3 Å². The van der Waals surface area contributed by atoms with Gasteiger partial charge in [0.25, 0.3) is 0 Å². The number of carbonyl (C=O) groups is 1. The van der Waals surface area contributed by atoms with Crippen LogP contribution in [-0.4, -0.2) is 47.3 Å². The molecule has 0 spiro atoms. The van der Waals surface area contributed by atoms with Crippen LogP contribution in [0.3, 0.4) is 0 Å². The second-order valence-corrected chi connectivity index (χ2v) is 8.53. The molecule has 2 aromatic carbocycles. The average molecular weight is 438 g/mol. The summed E-state index contributed by atoms with van der Waals surface area (Å²) in [5.41, 5.74) is 1.95. The minimum absolute atomic E-state index is 0.0814. The molecule has 1 heterocycles. The number of benzene rings is 2. The van der Waals surface area contributed by atoms with Gasteiger partial charge in [0, 0.05) is 24.4 Å². The van der Waals surface area contributed by atoms with Crippen molar-refractivity contribution in [3.8, 4) is 11.5 Å². The maximum Gasteiger partial charge on any atom is 0.233 e. The fourth-order valence-corrected chi connectivity index (χ4v) is 4.42. The monoisotopic (exact) mass is 437 g/mol. The molecule has 0 aliphatic heterocycles. The summed E-state index contributed by atoms with van der Waals surface area (Å²) in [5, 5.41) is 1.90. The summed E-state index contributed by atoms with van der Waals surface area (Å²) in [6, 6.07) is 13.8. The number of hydrogen-bond acceptors (Lipinski definition) is 6. The van der Waals surface area contributed by atoms with E-state index in [2.05, 4.69) is 0 Å². The van der Waals surface area contributed by atoms with E-state index in [0.717, 1.165) is 40.2 Å². The van der Waals surface area contributed by atoms with E-state index in [4.69, 9.17) is 19.4 Å². The minimum atomic E-state index is 0.0814. The molecule has 1 aliphatic carbocycles. The maximum atomic E-state index is 13.0. The third kappa shape index (κ3) is 4.93. The maximum absolute atomic E-state index is 13.0. The van der Waals surface area contributed by atoms with Crippen LogP contribution in [0.1, 0.15) is 37.1 Å². The van der Waals surface area contributed by atoms with Crippen molar-refractivity contribution in [1.29, 1.82) is 0 Å². The zero-order chi connectivity index (χ0) is 21.8. The lowest BCUT2D eigenvalue weighted by atomic mass is 10.2. The SMILES string of the molecule is CCN(Cc1ccc(OC)c(OC)c1)C(=O)CSc1nc(C2CC2)nc2ccccc12. The Bertz CT molecular complexity index is 1080. The Hall–Kier alpha value is -2.80. The molecule has 1 saturated carbocycles. The predicted molar refractivity (Wildman–Crippen MR) is 123 cm³/mol. The van der Waals surface area contributed by atoms with E-state index in [1.165, 1.54) is 11.8 Å². The summed E-state index contributed by atoms with van der Waals surface area (Å²) in [6.45, 7) is 3.15. The highest BCUT2D eigenvalue weighted by molar-refractivity contribution is 8.00. The Morgan fingerprint density at radius 2 is 1.87 bits per heavy atom. The van der Waals surface area contributed by atoms with Crippen LogP contribution < -0.4 is 9.47 Å². The molecule has 0 N–H and O–H groups in total. The summed E-state index contributed by atoms with van der Waals surface area (Å²) in [6.07, 6.45) is 2.30. The fraction of sp³-hybridized carbons (Fsp3) is 0.375. The van der Waals surface area contributed by atoms with Crippen molar-refractivity contribution in [1.82, 2.24) is 14.9 Å². The number of ether oxygens (including phenoxy) is 2. The van der Waals surface area contributed by atoms with Gasteiger partial charge < -0.3 is 14.4 Å². The van der Waals surface area contributed by atoms with Crippen LogP contribution in [0, 0.1) is 0 Å². The topological polar surface area (TPSA) is 64.6 Å². The summed E-state index contributed by atoms with van der Waals surface area (Å²) in [4.78, 5) is 24.4. The molecule has 7 heteroatoms. The van der Waals surface area contributed by atoms with E-state index in [9.17, 15) is 4.79 Å². The second kappa shape index (κ2) is 9.56. The van der Waals surface area contributed by atoms with Gasteiger partial charge in [0.1, 0.15) is 10.9 Å². The first-order valence-electron chi connectivity index (χ1n) is 10.5. The molecule has 1 fully saturated rings. The van der Waals surface area contributed by atoms with Crippen LogP contribution in [0.25, 0.3) is 10.9 Å². The molecule has 1 amide bonds. The van der Waals surface area contributed by atoms with Crippen LogP contribution in [-0.2, 0) is 11.3 Å². The highest BCUT2D eigenvalue weighted by Gasteiger charge is 2.27. The third-order valence-electron chi connectivity index (χ3n) is 5.42. The molecule has 3 aromatic rings. The van der Waals surface area contributed by atoms with Crippen molar-refractivity contribution < 1.29 is 14.3 Å². The number of aromatic nitrogens is 2. The number of methoxy groups -OCH3 is 2. The molecule has 0 radical (unpaired) electrons. The predicted octanol–water partition coefficient (Wildman–Crippen LogP) is 4.67. The molecule has 31 heavy (non-hydrogen) atoms. The van der Waals surface area contributed by atoms with Crippen LogP contribution in [0.5, 0.6) is 11.5 Å². The quantitative estimate of drug-likeness (QED) is 0.358. The smallest absolute Gasteiger partial charge is 0.233 e. The Morgan fingerprint density at radius 3 is 2.58 bits per heavy atom. The molecule has 0 atom stereocenters. The Balaban J connectivity index is 1.47. The lowest BCUT2D eigenvalue weighted by Gasteiger charge is -2.21. The van der Waals surface area contributed by atoms with Crippen molar-refractivity contribution >= 4 is 28.6 Å². The first-order valence-corrected chi connectivity index (χ1v) is 11.5. The van der Waals surface area contributed by atoms with Crippen molar-refractivity contribution in [2.45, 2.75) is 37.3 Å². The van der Waals surface area contributed by atoms with Crippen LogP contribution in [0.4, 0.5) is 0 Å². The number of carbonyl (C=O) groups excluding carboxylic acids is 1. The molecular formula is C24H27N3O3S. The van der Waals surface area contributed by atoms with Crippen LogP contribution in [0.2, 0.25) is 0 Å². The third-order valence-corrected chi connectivity index (χ3v) is 6.39. The van der Waals surface area contributed by atoms with Gasteiger partial charge in [-0.05, 0) is 43.5 Å². The number of nitrogens with zero attached hydrogens (tertiary/aromatic N) is 3. The Kier molecular flexibility index (Phi) is 6.61. The first-order chi connectivity index (χ1) is 15.1. The van der Waals surface area contributed by atoms with Gasteiger partial charge in [-0.15, -0.1) is 0 Å². The molecule has 4 rings (SSSR count). The van der Waals surface area contributed by atoms with E-state index in [1.807, 2.05) is 54.3 Å². The largest absolute Gasteiger partial charge is 0.493 e. The highest BCUT2D eigenvalue weighted by Crippen LogP contribution is 2.39. The summed E-state index contributed by atoms with van der Waals surface area (Å²) in [7, 11) is 3.23. The molecule has 1 aromatic heterocycles. The molecule has 0 bridgehead atoms. The van der Waals surface area contributed by atoms with Gasteiger partial charge in [0.2, 0.25) is 5.91 Å². The molecule has 162 valence electrons. The fourth-order valence-electron chi connectivity index (χ4n) is 3.50. The zero-order valence-electron chi connectivity index (χ0n) is 18.1. The molecule has 0 saturated heterocycles. The molecule has 6 nitrogen and oxygen atoms in total. The van der Waals surface area contributed by atoms with E-state index >= 15 is 0 Å². The zero-order valence-corrected chi connectivity index (χ0v) is 18.9. The van der Waals surface area contributed by atoms with Crippen LogP contribution in [0.15, 0.2) is 47.5 Å². The first kappa shape index (κ1) is 21.4. The number of thioether (sulfide) groups is 1. The lowest BCUT2D eigenvalue weighted by Crippen LogP contribution is -2.31.